The third-order valence-electron chi connectivity index (χ3n) is 5.57. The molecule has 0 unspecified atom stereocenters. The predicted octanol–water partition coefficient (Wildman–Crippen LogP) is 5.25. The Morgan fingerprint density at radius 3 is 2.69 bits per heavy atom. The monoisotopic (exact) mass is 381 g/mol. The highest BCUT2D eigenvalue weighted by Gasteiger charge is 2.23. The molecule has 0 bridgehead atoms. The van der Waals surface area contributed by atoms with Crippen molar-refractivity contribution < 1.29 is 4.74 Å². The number of ether oxygens (including phenoxy) is 1. The van der Waals surface area contributed by atoms with E-state index in [2.05, 4.69) is 82.8 Å². The maximum absolute atomic E-state index is 6.51. The average molecular weight is 381 g/mol. The first-order chi connectivity index (χ1) is 14.3. The molecule has 0 amide bonds. The van der Waals surface area contributed by atoms with Crippen molar-refractivity contribution in [2.45, 2.75) is 19.1 Å². The summed E-state index contributed by atoms with van der Waals surface area (Å²) in [6.45, 7) is 1.90. The van der Waals surface area contributed by atoms with Crippen molar-refractivity contribution in [3.8, 4) is 17.0 Å². The van der Waals surface area contributed by atoms with E-state index in [-0.39, 0.29) is 6.10 Å². The van der Waals surface area contributed by atoms with Crippen LogP contribution < -0.4 is 4.74 Å². The summed E-state index contributed by atoms with van der Waals surface area (Å²) in [5.74, 6) is 0.919. The number of rotatable bonds is 3. The minimum atomic E-state index is 0.0343. The van der Waals surface area contributed by atoms with Gasteiger partial charge in [-0.1, -0.05) is 42.5 Å². The summed E-state index contributed by atoms with van der Waals surface area (Å²) in [7, 11) is 2.16. The van der Waals surface area contributed by atoms with Crippen molar-refractivity contribution in [1.29, 1.82) is 0 Å². The summed E-state index contributed by atoms with van der Waals surface area (Å²) in [6, 6.07) is 25.2. The second kappa shape index (κ2) is 7.64. The molecule has 144 valence electrons. The molecule has 0 saturated heterocycles. The van der Waals surface area contributed by atoms with Crippen LogP contribution in [-0.4, -0.2) is 28.7 Å². The van der Waals surface area contributed by atoms with E-state index in [4.69, 9.17) is 4.74 Å². The van der Waals surface area contributed by atoms with E-state index < -0.39 is 0 Å². The highest BCUT2D eigenvalue weighted by atomic mass is 16.5. The molecule has 1 atom stereocenters. The van der Waals surface area contributed by atoms with Gasteiger partial charge in [0.05, 0.1) is 5.69 Å². The quantitative estimate of drug-likeness (QED) is 0.486. The van der Waals surface area contributed by atoms with E-state index in [1.165, 1.54) is 21.9 Å². The first-order valence-corrected chi connectivity index (χ1v) is 10.0. The average Bonchev–Trinajstić information content (AvgIpc) is 2.92. The molecule has 0 fully saturated rings. The minimum absolute atomic E-state index is 0.0343. The van der Waals surface area contributed by atoms with E-state index in [9.17, 15) is 0 Å². The van der Waals surface area contributed by atoms with Crippen LogP contribution in [0.4, 0.5) is 0 Å². The van der Waals surface area contributed by atoms with Gasteiger partial charge in [0.15, 0.2) is 0 Å². The zero-order chi connectivity index (χ0) is 19.6. The zero-order valence-electron chi connectivity index (χ0n) is 16.5. The number of nitrogens with zero attached hydrogens (tertiary/aromatic N) is 3. The summed E-state index contributed by atoms with van der Waals surface area (Å²) in [4.78, 5) is 2.35. The Hall–Kier alpha value is -3.24. The zero-order valence-corrected chi connectivity index (χ0v) is 16.5. The lowest BCUT2D eigenvalue weighted by Gasteiger charge is -2.20. The third kappa shape index (κ3) is 3.71. The Labute approximate surface area is 170 Å². The fraction of sp³-hybridized carbons (Fsp3) is 0.200. The van der Waals surface area contributed by atoms with Gasteiger partial charge in [-0.3, -0.25) is 0 Å². The third-order valence-corrected chi connectivity index (χ3v) is 5.57. The van der Waals surface area contributed by atoms with Gasteiger partial charge in [0.25, 0.3) is 0 Å². The Morgan fingerprint density at radius 1 is 0.931 bits per heavy atom. The second-order valence-corrected chi connectivity index (χ2v) is 7.66. The maximum atomic E-state index is 6.51. The molecule has 0 spiro atoms. The number of benzene rings is 3. The maximum Gasteiger partial charge on any atom is 0.125 e. The van der Waals surface area contributed by atoms with Crippen molar-refractivity contribution in [2.24, 2.45) is 0 Å². The number of aromatic nitrogens is 2. The van der Waals surface area contributed by atoms with Gasteiger partial charge >= 0.3 is 0 Å². The van der Waals surface area contributed by atoms with E-state index in [0.29, 0.717) is 0 Å². The molecule has 0 radical (unpaired) electrons. The SMILES string of the molecule is CN1CC[C@@H](Oc2ccc3ccccc3c2)c2ccc(-c3cccnn3)cc2C1. The first kappa shape index (κ1) is 17.8. The molecule has 29 heavy (non-hydrogen) atoms. The Morgan fingerprint density at radius 2 is 1.83 bits per heavy atom. The van der Waals surface area contributed by atoms with Gasteiger partial charge in [0.2, 0.25) is 0 Å². The molecule has 5 rings (SSSR count). The van der Waals surface area contributed by atoms with E-state index in [0.717, 1.165) is 36.5 Å². The van der Waals surface area contributed by atoms with Crippen LogP contribution in [0, 0.1) is 0 Å². The van der Waals surface area contributed by atoms with E-state index in [1.807, 2.05) is 12.1 Å². The van der Waals surface area contributed by atoms with Crippen molar-refractivity contribution in [3.05, 3.63) is 90.1 Å². The molecule has 0 N–H and O–H groups in total. The van der Waals surface area contributed by atoms with Crippen molar-refractivity contribution in [2.75, 3.05) is 13.6 Å². The van der Waals surface area contributed by atoms with Gasteiger partial charge in [-0.15, -0.1) is 0 Å². The van der Waals surface area contributed by atoms with Gasteiger partial charge in [-0.05, 0) is 59.3 Å². The van der Waals surface area contributed by atoms with Crippen LogP contribution in [0.15, 0.2) is 79.0 Å². The molecule has 2 heterocycles. The fourth-order valence-electron chi connectivity index (χ4n) is 4.06. The number of hydrogen-bond acceptors (Lipinski definition) is 4. The molecular formula is C25H23N3O. The standard InChI is InChI=1S/C25H23N3O/c1-28-14-12-25(29-22-10-8-18-5-2-3-6-19(18)16-22)23-11-9-20(15-21(23)17-28)24-7-4-13-26-27-24/h2-11,13,15-16,25H,12,14,17H2,1H3/t25-/m1/s1. The smallest absolute Gasteiger partial charge is 0.125 e. The van der Waals surface area contributed by atoms with Gasteiger partial charge < -0.3 is 9.64 Å². The molecule has 0 aliphatic carbocycles. The van der Waals surface area contributed by atoms with Crippen LogP contribution in [0.5, 0.6) is 5.75 Å². The molecule has 4 aromatic rings. The highest BCUT2D eigenvalue weighted by Crippen LogP contribution is 2.34. The Kier molecular flexibility index (Phi) is 4.70. The summed E-state index contributed by atoms with van der Waals surface area (Å²) in [5.41, 5.74) is 4.54. The topological polar surface area (TPSA) is 38.2 Å². The lowest BCUT2D eigenvalue weighted by atomic mass is 9.97. The predicted molar refractivity (Wildman–Crippen MR) is 116 cm³/mol. The normalized spacial score (nSPS) is 16.9. The molecule has 1 aliphatic rings. The van der Waals surface area contributed by atoms with Crippen molar-refractivity contribution in [3.63, 3.8) is 0 Å². The van der Waals surface area contributed by atoms with Crippen molar-refractivity contribution >= 4 is 10.8 Å². The van der Waals surface area contributed by atoms with Crippen LogP contribution >= 0.6 is 0 Å². The van der Waals surface area contributed by atoms with Crippen LogP contribution in [0.1, 0.15) is 23.7 Å². The van der Waals surface area contributed by atoms with Crippen molar-refractivity contribution in [1.82, 2.24) is 15.1 Å². The molecule has 4 heteroatoms. The lowest BCUT2D eigenvalue weighted by Crippen LogP contribution is -2.18. The summed E-state index contributed by atoms with van der Waals surface area (Å²) in [6.07, 6.45) is 2.70. The molecule has 1 aliphatic heterocycles. The van der Waals surface area contributed by atoms with Crippen LogP contribution in [-0.2, 0) is 6.54 Å². The lowest BCUT2D eigenvalue weighted by molar-refractivity contribution is 0.183. The number of hydrogen-bond donors (Lipinski definition) is 0. The van der Waals surface area contributed by atoms with Crippen LogP contribution in [0.2, 0.25) is 0 Å². The van der Waals surface area contributed by atoms with Gasteiger partial charge in [0, 0.05) is 31.3 Å². The van der Waals surface area contributed by atoms with E-state index in [1.54, 1.807) is 6.20 Å². The first-order valence-electron chi connectivity index (χ1n) is 10.0. The molecule has 0 saturated carbocycles. The summed E-state index contributed by atoms with van der Waals surface area (Å²) < 4.78 is 6.51. The van der Waals surface area contributed by atoms with Crippen LogP contribution in [0.25, 0.3) is 22.0 Å². The Balaban J connectivity index is 1.49. The fourth-order valence-corrected chi connectivity index (χ4v) is 4.06. The minimum Gasteiger partial charge on any atom is -0.486 e. The van der Waals surface area contributed by atoms with Crippen LogP contribution in [0.3, 0.4) is 0 Å². The largest absolute Gasteiger partial charge is 0.486 e. The molecule has 4 nitrogen and oxygen atoms in total. The Bertz CT molecular complexity index is 1140. The van der Waals surface area contributed by atoms with Gasteiger partial charge in [-0.25, -0.2) is 0 Å². The summed E-state index contributed by atoms with van der Waals surface area (Å²) >= 11 is 0. The van der Waals surface area contributed by atoms with Gasteiger partial charge in [0.1, 0.15) is 11.9 Å². The summed E-state index contributed by atoms with van der Waals surface area (Å²) in [5, 5.41) is 10.7. The second-order valence-electron chi connectivity index (χ2n) is 7.66. The number of fused-ring (bicyclic) bond motifs is 2. The molecule has 1 aromatic heterocycles. The molecule has 3 aromatic carbocycles. The van der Waals surface area contributed by atoms with Gasteiger partial charge in [-0.2, -0.15) is 10.2 Å². The molecular weight excluding hydrogens is 358 g/mol. The van der Waals surface area contributed by atoms with E-state index >= 15 is 0 Å². The highest BCUT2D eigenvalue weighted by molar-refractivity contribution is 5.83.